The van der Waals surface area contributed by atoms with Crippen LogP contribution in [0.15, 0.2) is 73.8 Å². The number of carbonyl (C=O) groups excluding carboxylic acids is 3. The molecule has 0 radical (unpaired) electrons. The zero-order valence-corrected chi connectivity index (χ0v) is 27.3. The lowest BCUT2D eigenvalue weighted by molar-refractivity contribution is -0.148. The quantitative estimate of drug-likeness (QED) is 0.330. The van der Waals surface area contributed by atoms with Gasteiger partial charge in [-0.05, 0) is 81.6 Å². The number of aliphatic hydroxyl groups excluding tert-OH is 1. The van der Waals surface area contributed by atoms with Crippen LogP contribution in [0.5, 0.6) is 11.5 Å². The highest BCUT2D eigenvalue weighted by Crippen LogP contribution is 2.66. The fourth-order valence-corrected chi connectivity index (χ4v) is 7.76. The summed E-state index contributed by atoms with van der Waals surface area (Å²) in [5.74, 6) is -1.64. The van der Waals surface area contributed by atoms with E-state index in [1.807, 2.05) is 32.9 Å². The molecule has 3 heterocycles. The normalized spacial score (nSPS) is 28.4. The third-order valence-corrected chi connectivity index (χ3v) is 9.99. The average molecular weight is 632 g/mol. The van der Waals surface area contributed by atoms with Gasteiger partial charge in [-0.2, -0.15) is 0 Å². The standard InChI is InChI=1S/C36H45N3O7/c1-8-19-37(25-13-17-28(18-14-25)45-10-3)32(41)29-30-33(42)39(24(5)22-40)31(36(30)21-23(4)35(29,6)46-36)34(43)38(20-9-2)26-11-15-27(44-7)16-12-26/h8-9,11-18,23-24,29-31,40H,1-2,10,19-22H2,3-7H3/t23?,24-,29-,30+,31?,35+,36?/m1/s1. The summed E-state index contributed by atoms with van der Waals surface area (Å²) in [6.07, 6.45) is 3.68. The van der Waals surface area contributed by atoms with Gasteiger partial charge in [0.25, 0.3) is 5.91 Å². The molecular weight excluding hydrogens is 586 g/mol. The number of aliphatic hydroxyl groups is 1. The molecule has 0 aliphatic carbocycles. The number of likely N-dealkylation sites (tertiary alicyclic amines) is 1. The third-order valence-electron chi connectivity index (χ3n) is 9.99. The summed E-state index contributed by atoms with van der Waals surface area (Å²) in [7, 11) is 1.57. The molecule has 3 amide bonds. The van der Waals surface area contributed by atoms with Crippen LogP contribution >= 0.6 is 0 Å². The summed E-state index contributed by atoms with van der Waals surface area (Å²) >= 11 is 0. The Hall–Kier alpha value is -4.15. The fourth-order valence-electron chi connectivity index (χ4n) is 7.76. The van der Waals surface area contributed by atoms with Crippen molar-refractivity contribution in [3.05, 3.63) is 73.8 Å². The number of anilines is 2. The van der Waals surface area contributed by atoms with Gasteiger partial charge < -0.3 is 34.0 Å². The first kappa shape index (κ1) is 33.2. The van der Waals surface area contributed by atoms with Crippen LogP contribution in [-0.2, 0) is 19.1 Å². The first-order chi connectivity index (χ1) is 22.0. The van der Waals surface area contributed by atoms with Gasteiger partial charge in [0.05, 0.1) is 43.8 Å². The topological polar surface area (TPSA) is 109 Å². The number of benzene rings is 2. The molecule has 246 valence electrons. The van der Waals surface area contributed by atoms with Crippen LogP contribution in [0.1, 0.15) is 34.1 Å². The summed E-state index contributed by atoms with van der Waals surface area (Å²) in [6.45, 7) is 15.8. The molecule has 5 rings (SSSR count). The van der Waals surface area contributed by atoms with E-state index in [4.69, 9.17) is 14.2 Å². The fraction of sp³-hybridized carbons (Fsp3) is 0.472. The Labute approximate surface area is 271 Å². The Kier molecular flexibility index (Phi) is 9.33. The van der Waals surface area contributed by atoms with Crippen molar-refractivity contribution in [3.8, 4) is 11.5 Å². The van der Waals surface area contributed by atoms with Crippen LogP contribution in [-0.4, -0.2) is 84.4 Å². The van der Waals surface area contributed by atoms with Crippen LogP contribution < -0.4 is 19.3 Å². The second-order valence-corrected chi connectivity index (χ2v) is 12.6. The molecule has 2 aromatic carbocycles. The van der Waals surface area contributed by atoms with E-state index in [0.717, 1.165) is 0 Å². The number of nitrogens with zero attached hydrogens (tertiary/aromatic N) is 3. The molecule has 3 unspecified atom stereocenters. The number of fused-ring (bicyclic) bond motifs is 1. The number of hydrogen-bond acceptors (Lipinski definition) is 7. The molecule has 3 aliphatic rings. The molecule has 10 nitrogen and oxygen atoms in total. The summed E-state index contributed by atoms with van der Waals surface area (Å²) in [5.41, 5.74) is -1.06. The average Bonchev–Trinajstić information content (AvgIpc) is 3.58. The number of carbonyl (C=O) groups is 3. The molecule has 10 heteroatoms. The molecule has 3 saturated heterocycles. The Balaban J connectivity index is 1.60. The maximum absolute atomic E-state index is 14.8. The molecule has 0 aromatic heterocycles. The second-order valence-electron chi connectivity index (χ2n) is 12.6. The van der Waals surface area contributed by atoms with E-state index in [0.29, 0.717) is 35.9 Å². The molecule has 3 aliphatic heterocycles. The van der Waals surface area contributed by atoms with Crippen LogP contribution in [0.25, 0.3) is 0 Å². The largest absolute Gasteiger partial charge is 0.497 e. The van der Waals surface area contributed by atoms with Crippen molar-refractivity contribution in [2.75, 3.05) is 43.2 Å². The van der Waals surface area contributed by atoms with E-state index >= 15 is 0 Å². The summed E-state index contributed by atoms with van der Waals surface area (Å²) in [5, 5.41) is 10.3. The number of methoxy groups -OCH3 is 1. The van der Waals surface area contributed by atoms with Crippen LogP contribution in [0.2, 0.25) is 0 Å². The lowest BCUT2D eigenvalue weighted by atomic mass is 9.62. The van der Waals surface area contributed by atoms with E-state index in [-0.39, 0.29) is 43.3 Å². The van der Waals surface area contributed by atoms with Gasteiger partial charge in [0.2, 0.25) is 11.8 Å². The Morgan fingerprint density at radius 2 is 1.59 bits per heavy atom. The van der Waals surface area contributed by atoms with E-state index in [2.05, 4.69) is 13.2 Å². The third kappa shape index (κ3) is 5.17. The van der Waals surface area contributed by atoms with Crippen molar-refractivity contribution >= 4 is 29.1 Å². The highest BCUT2D eigenvalue weighted by atomic mass is 16.5. The number of amides is 3. The lowest BCUT2D eigenvalue weighted by Gasteiger charge is -2.39. The van der Waals surface area contributed by atoms with Crippen molar-refractivity contribution in [1.29, 1.82) is 0 Å². The van der Waals surface area contributed by atoms with Crippen molar-refractivity contribution in [2.45, 2.75) is 57.4 Å². The maximum Gasteiger partial charge on any atom is 0.253 e. The maximum atomic E-state index is 14.8. The minimum Gasteiger partial charge on any atom is -0.497 e. The van der Waals surface area contributed by atoms with Crippen molar-refractivity contribution < 1.29 is 33.7 Å². The van der Waals surface area contributed by atoms with Gasteiger partial charge in [0.1, 0.15) is 23.1 Å². The molecule has 1 spiro atoms. The smallest absolute Gasteiger partial charge is 0.253 e. The molecular formula is C36H45N3O7. The molecule has 2 aromatic rings. The summed E-state index contributed by atoms with van der Waals surface area (Å²) in [4.78, 5) is 48.8. The number of hydrogen-bond donors (Lipinski definition) is 1. The highest BCUT2D eigenvalue weighted by Gasteiger charge is 2.80. The molecule has 0 saturated carbocycles. The van der Waals surface area contributed by atoms with Crippen LogP contribution in [0.3, 0.4) is 0 Å². The monoisotopic (exact) mass is 631 g/mol. The molecule has 7 atom stereocenters. The van der Waals surface area contributed by atoms with Gasteiger partial charge in [-0.25, -0.2) is 0 Å². The second kappa shape index (κ2) is 12.9. The molecule has 3 fully saturated rings. The molecule has 1 N–H and O–H groups in total. The van der Waals surface area contributed by atoms with Gasteiger partial charge in [0, 0.05) is 24.5 Å². The Bertz CT molecular complexity index is 1480. The first-order valence-corrected chi connectivity index (χ1v) is 15.9. The van der Waals surface area contributed by atoms with Crippen molar-refractivity contribution in [3.63, 3.8) is 0 Å². The number of ether oxygens (including phenoxy) is 3. The Morgan fingerprint density at radius 1 is 1.04 bits per heavy atom. The summed E-state index contributed by atoms with van der Waals surface area (Å²) < 4.78 is 17.8. The van der Waals surface area contributed by atoms with Gasteiger partial charge in [0.15, 0.2) is 0 Å². The van der Waals surface area contributed by atoms with Crippen LogP contribution in [0, 0.1) is 17.8 Å². The number of rotatable bonds is 13. The predicted molar refractivity (Wildman–Crippen MR) is 176 cm³/mol. The Morgan fingerprint density at radius 3 is 2.09 bits per heavy atom. The predicted octanol–water partition coefficient (Wildman–Crippen LogP) is 4.22. The van der Waals surface area contributed by atoms with Gasteiger partial charge in [-0.1, -0.05) is 19.1 Å². The summed E-state index contributed by atoms with van der Waals surface area (Å²) in [6, 6.07) is 12.5. The van der Waals surface area contributed by atoms with Crippen molar-refractivity contribution in [1.82, 2.24) is 4.90 Å². The van der Waals surface area contributed by atoms with E-state index in [1.54, 1.807) is 72.4 Å². The van der Waals surface area contributed by atoms with Gasteiger partial charge in [-0.15, -0.1) is 13.2 Å². The molecule has 2 bridgehead atoms. The minimum absolute atomic E-state index is 0.148. The van der Waals surface area contributed by atoms with Gasteiger partial charge >= 0.3 is 0 Å². The van der Waals surface area contributed by atoms with E-state index in [9.17, 15) is 19.5 Å². The molecule has 46 heavy (non-hydrogen) atoms. The van der Waals surface area contributed by atoms with Gasteiger partial charge in [-0.3, -0.25) is 14.4 Å². The highest BCUT2D eigenvalue weighted by molar-refractivity contribution is 6.07. The van der Waals surface area contributed by atoms with Crippen molar-refractivity contribution in [2.24, 2.45) is 17.8 Å². The minimum atomic E-state index is -1.28. The lowest BCUT2D eigenvalue weighted by Crippen LogP contribution is -2.58. The zero-order valence-electron chi connectivity index (χ0n) is 27.3. The SMILES string of the molecule is C=CCN(C(=O)C1N([C@H](C)CO)C(=O)[C@@H]2[C@H](C(=O)N(CC=C)c3ccc(OCC)cc3)[C@@]3(C)OC12CC3C)c1ccc(OC)cc1. The first-order valence-electron chi connectivity index (χ1n) is 15.9. The van der Waals surface area contributed by atoms with E-state index in [1.165, 1.54) is 4.90 Å². The van der Waals surface area contributed by atoms with E-state index < -0.39 is 35.1 Å². The van der Waals surface area contributed by atoms with Crippen LogP contribution in [0.4, 0.5) is 11.4 Å². The zero-order chi connectivity index (χ0) is 33.4.